The van der Waals surface area contributed by atoms with Gasteiger partial charge < -0.3 is 20.3 Å². The minimum Gasteiger partial charge on any atom is -0.383 e. The zero-order valence-corrected chi connectivity index (χ0v) is 21.0. The summed E-state index contributed by atoms with van der Waals surface area (Å²) in [5.41, 5.74) is 2.41. The summed E-state index contributed by atoms with van der Waals surface area (Å²) in [5, 5.41) is 18.9. The number of carbonyl (C=O) groups excluding carboxylic acids is 1. The molecule has 1 aliphatic heterocycles. The number of nitrogens with one attached hydrogen (secondary N) is 3. The number of ether oxygens (including phenoxy) is 1. The zero-order valence-electron chi connectivity index (χ0n) is 21.0. The minimum absolute atomic E-state index is 0.0284. The monoisotopic (exact) mass is 510 g/mol. The summed E-state index contributed by atoms with van der Waals surface area (Å²) in [6, 6.07) is 3.10. The Hall–Kier alpha value is -4.19. The zero-order chi connectivity index (χ0) is 26.7. The highest BCUT2D eigenvalue weighted by Crippen LogP contribution is 2.25. The number of nitrogens with zero attached hydrogens (tertiary/aromatic N) is 5. The third-order valence-electron chi connectivity index (χ3n) is 6.09. The molecule has 3 N–H and O–H groups in total. The van der Waals surface area contributed by atoms with E-state index in [9.17, 15) is 13.6 Å². The number of methoxy groups -OCH3 is 1. The van der Waals surface area contributed by atoms with E-state index in [4.69, 9.17) is 10.1 Å². The summed E-state index contributed by atoms with van der Waals surface area (Å²) >= 11 is 0. The number of aryl methyl sites for hydroxylation is 3. The Bertz CT molecular complexity index is 1350. The van der Waals surface area contributed by atoms with Gasteiger partial charge in [0.15, 0.2) is 11.6 Å². The van der Waals surface area contributed by atoms with Gasteiger partial charge in [0.25, 0.3) is 5.91 Å². The van der Waals surface area contributed by atoms with Gasteiger partial charge in [-0.25, -0.2) is 13.8 Å². The van der Waals surface area contributed by atoms with Crippen LogP contribution in [0.5, 0.6) is 0 Å². The Kier molecular flexibility index (Phi) is 7.58. The quantitative estimate of drug-likeness (QED) is 0.423. The number of amides is 1. The number of carbonyl (C=O) groups is 1. The summed E-state index contributed by atoms with van der Waals surface area (Å²) < 4.78 is 34.0. The van der Waals surface area contributed by atoms with E-state index in [1.54, 1.807) is 23.3 Å². The highest BCUT2D eigenvalue weighted by atomic mass is 19.2. The standard InChI is InChI=1S/C25H28F2N8O2/c1-14-9-30-25(33-23-15(2)10-31-34(23)3)32-22(14)29-11-17-8-18(13-37-4)35(24(36)21(17)28)12-16-5-6-19(26)20(27)7-16/h5-7,9-11,18,28H,8,12-13H2,1-4H3,(H2,29,30,32,33)/b17-11-,28-21?/t18-/m1/s1. The van der Waals surface area contributed by atoms with Crippen LogP contribution in [0.25, 0.3) is 0 Å². The maximum atomic E-state index is 13.7. The van der Waals surface area contributed by atoms with Crippen LogP contribution in [-0.2, 0) is 23.1 Å². The second kappa shape index (κ2) is 10.8. The van der Waals surface area contributed by atoms with Crippen molar-refractivity contribution in [3.8, 4) is 0 Å². The van der Waals surface area contributed by atoms with Crippen molar-refractivity contribution >= 4 is 29.2 Å². The topological polar surface area (TPSA) is 121 Å². The summed E-state index contributed by atoms with van der Waals surface area (Å²) in [6.45, 7) is 4.00. The van der Waals surface area contributed by atoms with E-state index in [0.717, 1.165) is 29.1 Å². The van der Waals surface area contributed by atoms with Gasteiger partial charge in [-0.15, -0.1) is 0 Å². The lowest BCUT2D eigenvalue weighted by atomic mass is 9.94. The van der Waals surface area contributed by atoms with Crippen molar-refractivity contribution in [2.75, 3.05) is 24.4 Å². The first kappa shape index (κ1) is 25.9. The first-order chi connectivity index (χ1) is 17.7. The van der Waals surface area contributed by atoms with E-state index >= 15 is 0 Å². The van der Waals surface area contributed by atoms with Gasteiger partial charge in [0, 0.05) is 49.8 Å². The Morgan fingerprint density at radius 2 is 2.00 bits per heavy atom. The van der Waals surface area contributed by atoms with Gasteiger partial charge in [0.2, 0.25) is 5.95 Å². The van der Waals surface area contributed by atoms with Gasteiger partial charge in [-0.3, -0.25) is 14.9 Å². The predicted molar refractivity (Wildman–Crippen MR) is 135 cm³/mol. The fourth-order valence-electron chi connectivity index (χ4n) is 4.06. The maximum absolute atomic E-state index is 13.7. The summed E-state index contributed by atoms with van der Waals surface area (Å²) in [7, 11) is 3.33. The Labute approximate surface area is 212 Å². The normalized spacial score (nSPS) is 17.0. The van der Waals surface area contributed by atoms with E-state index in [1.165, 1.54) is 18.1 Å². The average molecular weight is 511 g/mol. The van der Waals surface area contributed by atoms with E-state index in [1.807, 2.05) is 20.9 Å². The van der Waals surface area contributed by atoms with Gasteiger partial charge >= 0.3 is 0 Å². The molecule has 0 saturated carbocycles. The third-order valence-corrected chi connectivity index (χ3v) is 6.09. The van der Waals surface area contributed by atoms with E-state index in [2.05, 4.69) is 25.7 Å². The molecule has 0 aliphatic carbocycles. The Morgan fingerprint density at radius 3 is 2.68 bits per heavy atom. The molecule has 12 heteroatoms. The molecule has 37 heavy (non-hydrogen) atoms. The Morgan fingerprint density at radius 1 is 1.22 bits per heavy atom. The summed E-state index contributed by atoms with van der Waals surface area (Å²) in [4.78, 5) is 23.4. The minimum atomic E-state index is -0.988. The van der Waals surface area contributed by atoms with Crippen molar-refractivity contribution in [2.24, 2.45) is 7.05 Å². The van der Waals surface area contributed by atoms with Crippen LogP contribution in [0.3, 0.4) is 0 Å². The molecule has 1 atom stereocenters. The number of rotatable bonds is 8. The number of hydrogen-bond acceptors (Lipinski definition) is 8. The molecule has 194 valence electrons. The number of likely N-dealkylation sites (tertiary alicyclic amines) is 1. The van der Waals surface area contributed by atoms with Crippen molar-refractivity contribution in [1.29, 1.82) is 5.41 Å². The first-order valence-corrected chi connectivity index (χ1v) is 11.6. The van der Waals surface area contributed by atoms with Crippen molar-refractivity contribution in [3.05, 3.63) is 70.7 Å². The number of piperidine rings is 1. The molecule has 0 bridgehead atoms. The van der Waals surface area contributed by atoms with Gasteiger partial charge in [-0.05, 0) is 38.0 Å². The molecule has 0 radical (unpaired) electrons. The molecule has 3 heterocycles. The number of anilines is 3. The average Bonchev–Trinajstić information content (AvgIpc) is 3.18. The molecule has 1 amide bonds. The van der Waals surface area contributed by atoms with Crippen LogP contribution < -0.4 is 10.6 Å². The Balaban J connectivity index is 1.53. The smallest absolute Gasteiger partial charge is 0.272 e. The van der Waals surface area contributed by atoms with Crippen LogP contribution in [0.1, 0.15) is 23.1 Å². The van der Waals surface area contributed by atoms with Gasteiger partial charge in [0.1, 0.15) is 17.3 Å². The summed E-state index contributed by atoms with van der Waals surface area (Å²) in [6.07, 6.45) is 5.32. The molecule has 1 saturated heterocycles. The van der Waals surface area contributed by atoms with Crippen molar-refractivity contribution in [2.45, 2.75) is 32.9 Å². The molecule has 10 nitrogen and oxygen atoms in total. The largest absolute Gasteiger partial charge is 0.383 e. The van der Waals surface area contributed by atoms with E-state index in [0.29, 0.717) is 29.3 Å². The molecule has 1 aromatic carbocycles. The molecule has 1 aliphatic rings. The molecular weight excluding hydrogens is 482 g/mol. The van der Waals surface area contributed by atoms with Crippen molar-refractivity contribution in [3.63, 3.8) is 0 Å². The highest BCUT2D eigenvalue weighted by molar-refractivity contribution is 6.44. The molecule has 4 rings (SSSR count). The van der Waals surface area contributed by atoms with E-state index in [-0.39, 0.29) is 18.9 Å². The molecule has 3 aromatic rings. The maximum Gasteiger partial charge on any atom is 0.272 e. The van der Waals surface area contributed by atoms with Crippen LogP contribution in [0.2, 0.25) is 0 Å². The SMILES string of the molecule is COC[C@H]1C/C(=C/Nc2nc(Nc3c(C)cnn3C)ncc2C)C(=N)C(=O)N1Cc1ccc(F)c(F)c1. The molecular formula is C25H28F2N8O2. The fraction of sp³-hybridized carbons (Fsp3) is 0.320. The first-order valence-electron chi connectivity index (χ1n) is 11.6. The predicted octanol–water partition coefficient (Wildman–Crippen LogP) is 3.61. The number of halogens is 2. The van der Waals surface area contributed by atoms with Crippen LogP contribution in [0, 0.1) is 30.9 Å². The second-order valence-corrected chi connectivity index (χ2v) is 8.83. The lowest BCUT2D eigenvalue weighted by Crippen LogP contribution is -2.50. The van der Waals surface area contributed by atoms with Crippen molar-refractivity contribution in [1.82, 2.24) is 24.6 Å². The lowest BCUT2D eigenvalue weighted by molar-refractivity contribution is -0.129. The third kappa shape index (κ3) is 5.64. The molecule has 0 unspecified atom stereocenters. The number of hydrogen-bond donors (Lipinski definition) is 3. The molecule has 2 aromatic heterocycles. The lowest BCUT2D eigenvalue weighted by Gasteiger charge is -2.36. The van der Waals surface area contributed by atoms with Gasteiger partial charge in [-0.1, -0.05) is 6.07 Å². The number of aromatic nitrogens is 4. The molecule has 0 spiro atoms. The van der Waals surface area contributed by atoms with Gasteiger partial charge in [-0.2, -0.15) is 10.1 Å². The summed E-state index contributed by atoms with van der Waals surface area (Å²) in [5.74, 6) is -0.839. The van der Waals surface area contributed by atoms with Crippen LogP contribution in [0.4, 0.5) is 26.4 Å². The molecule has 1 fully saturated rings. The van der Waals surface area contributed by atoms with Crippen LogP contribution in [-0.4, -0.2) is 56.0 Å². The van der Waals surface area contributed by atoms with Gasteiger partial charge in [0.05, 0.1) is 18.8 Å². The highest BCUT2D eigenvalue weighted by Gasteiger charge is 2.35. The van der Waals surface area contributed by atoms with Crippen LogP contribution >= 0.6 is 0 Å². The second-order valence-electron chi connectivity index (χ2n) is 8.83. The van der Waals surface area contributed by atoms with Crippen molar-refractivity contribution < 1.29 is 18.3 Å². The fourth-order valence-corrected chi connectivity index (χ4v) is 4.06. The van der Waals surface area contributed by atoms with Crippen LogP contribution in [0.15, 0.2) is 42.4 Å². The van der Waals surface area contributed by atoms with E-state index < -0.39 is 23.6 Å². The number of benzene rings is 1.